The molecule has 2 heterocycles. The number of pyridine rings is 1. The van der Waals surface area contributed by atoms with Crippen molar-refractivity contribution in [1.82, 2.24) is 20.9 Å². The molecule has 0 unspecified atom stereocenters. The van der Waals surface area contributed by atoms with Crippen molar-refractivity contribution in [2.45, 2.75) is 13.8 Å². The SMILES string of the molecule is C=C(/C=C(/C)C(=C)Cl)CNC(=O)/C=C/C(=C\C(=C)c1cc(C)cnc1F)CNC1=NCCN1. The van der Waals surface area contributed by atoms with E-state index in [1.807, 2.05) is 13.8 Å². The predicted molar refractivity (Wildman–Crippen MR) is 134 cm³/mol. The molecule has 0 saturated heterocycles. The van der Waals surface area contributed by atoms with Crippen LogP contribution in [0.3, 0.4) is 0 Å². The average Bonchev–Trinajstić information content (AvgIpc) is 3.29. The lowest BCUT2D eigenvalue weighted by Crippen LogP contribution is -2.34. The first-order valence-corrected chi connectivity index (χ1v) is 10.7. The van der Waals surface area contributed by atoms with Gasteiger partial charge in [-0.2, -0.15) is 4.39 Å². The Morgan fingerprint density at radius 3 is 2.70 bits per heavy atom. The fourth-order valence-electron chi connectivity index (χ4n) is 2.82. The first-order valence-electron chi connectivity index (χ1n) is 10.4. The molecule has 6 nitrogen and oxygen atoms in total. The number of nitrogens with zero attached hydrogens (tertiary/aromatic N) is 2. The van der Waals surface area contributed by atoms with Crippen molar-refractivity contribution in [3.8, 4) is 0 Å². The third-order valence-corrected chi connectivity index (χ3v) is 4.90. The molecule has 0 aromatic carbocycles. The summed E-state index contributed by atoms with van der Waals surface area (Å²) in [6.45, 7) is 17.3. The van der Waals surface area contributed by atoms with Gasteiger partial charge in [0.15, 0.2) is 5.96 Å². The summed E-state index contributed by atoms with van der Waals surface area (Å²) in [6.07, 6.45) is 7.98. The lowest BCUT2D eigenvalue weighted by molar-refractivity contribution is -0.116. The molecular weight excluding hydrogens is 441 g/mol. The maximum Gasteiger partial charge on any atom is 0.244 e. The highest BCUT2D eigenvalue weighted by Gasteiger charge is 2.09. The third-order valence-electron chi connectivity index (χ3n) is 4.60. The van der Waals surface area contributed by atoms with Gasteiger partial charge in [0.05, 0.1) is 6.54 Å². The van der Waals surface area contributed by atoms with E-state index in [2.05, 4.69) is 45.7 Å². The molecule has 0 saturated carbocycles. The number of halogens is 2. The van der Waals surface area contributed by atoms with Crippen LogP contribution in [-0.4, -0.2) is 43.0 Å². The highest BCUT2D eigenvalue weighted by atomic mass is 35.5. The minimum absolute atomic E-state index is 0.260. The number of carbonyl (C=O) groups excluding carboxylic acids is 1. The van der Waals surface area contributed by atoms with Crippen LogP contribution in [0.15, 0.2) is 83.0 Å². The van der Waals surface area contributed by atoms with Crippen molar-refractivity contribution in [3.63, 3.8) is 0 Å². The summed E-state index contributed by atoms with van der Waals surface area (Å²) >= 11 is 5.84. The summed E-state index contributed by atoms with van der Waals surface area (Å²) in [4.78, 5) is 20.4. The Hall–Kier alpha value is -3.45. The van der Waals surface area contributed by atoms with Gasteiger partial charge in [-0.25, -0.2) is 4.98 Å². The van der Waals surface area contributed by atoms with E-state index >= 15 is 0 Å². The van der Waals surface area contributed by atoms with Gasteiger partial charge in [-0.05, 0) is 53.8 Å². The number of carbonyl (C=O) groups is 1. The standard InChI is InChI=1S/C25H29ClFN5O/c1-16(10-18(3)20(5)26)13-30-23(33)7-6-21(15-32-25-28-8-9-29-25)12-19(4)22-11-17(2)14-31-24(22)27/h6-7,10-12,14H,1,4-5,8-9,13,15H2,2-3H3,(H,30,33)(H2,28,29,32)/b7-6+,18-10-,21-12+. The van der Waals surface area contributed by atoms with Gasteiger partial charge in [-0.15, -0.1) is 0 Å². The largest absolute Gasteiger partial charge is 0.355 e. The van der Waals surface area contributed by atoms with Crippen molar-refractivity contribution in [3.05, 3.63) is 95.1 Å². The van der Waals surface area contributed by atoms with Gasteiger partial charge in [-0.1, -0.05) is 43.5 Å². The Morgan fingerprint density at radius 1 is 1.27 bits per heavy atom. The second-order valence-corrected chi connectivity index (χ2v) is 8.00. The minimum Gasteiger partial charge on any atom is -0.355 e. The zero-order valence-corrected chi connectivity index (χ0v) is 19.7. The highest BCUT2D eigenvalue weighted by Crippen LogP contribution is 2.19. The normalized spacial score (nSPS) is 14.0. The van der Waals surface area contributed by atoms with E-state index in [1.54, 1.807) is 24.3 Å². The van der Waals surface area contributed by atoms with Crippen LogP contribution in [0.1, 0.15) is 18.1 Å². The fourth-order valence-corrected chi connectivity index (χ4v) is 2.87. The lowest BCUT2D eigenvalue weighted by Gasteiger charge is -2.10. The number of nitrogens with one attached hydrogen (secondary N) is 3. The summed E-state index contributed by atoms with van der Waals surface area (Å²) in [5, 5.41) is 9.47. The van der Waals surface area contributed by atoms with Crippen molar-refractivity contribution >= 4 is 29.0 Å². The van der Waals surface area contributed by atoms with Crippen LogP contribution in [0.4, 0.5) is 4.39 Å². The van der Waals surface area contributed by atoms with Gasteiger partial charge in [0, 0.05) is 42.5 Å². The van der Waals surface area contributed by atoms with E-state index < -0.39 is 5.95 Å². The number of allylic oxidation sites excluding steroid dienone is 4. The Bertz CT molecular complexity index is 1070. The number of hydrogen-bond acceptors (Lipinski definition) is 5. The monoisotopic (exact) mass is 469 g/mol. The Morgan fingerprint density at radius 2 is 2.03 bits per heavy atom. The molecule has 1 aromatic rings. The Labute approximate surface area is 199 Å². The molecule has 0 fully saturated rings. The van der Waals surface area contributed by atoms with Crippen molar-refractivity contribution in [1.29, 1.82) is 0 Å². The van der Waals surface area contributed by atoms with Crippen LogP contribution in [-0.2, 0) is 4.79 Å². The fraction of sp³-hybridized carbons (Fsp3) is 0.240. The summed E-state index contributed by atoms with van der Waals surface area (Å²) in [7, 11) is 0. The second kappa shape index (κ2) is 12.6. The Balaban J connectivity index is 2.10. The van der Waals surface area contributed by atoms with Crippen LogP contribution in [0, 0.1) is 12.9 Å². The van der Waals surface area contributed by atoms with Gasteiger partial charge >= 0.3 is 0 Å². The Kier molecular flexibility index (Phi) is 9.82. The molecule has 33 heavy (non-hydrogen) atoms. The molecule has 2 rings (SSSR count). The summed E-state index contributed by atoms with van der Waals surface area (Å²) in [5.41, 5.74) is 3.75. The lowest BCUT2D eigenvalue weighted by atomic mass is 10.0. The van der Waals surface area contributed by atoms with Crippen molar-refractivity contribution < 1.29 is 9.18 Å². The quantitative estimate of drug-likeness (QED) is 0.275. The number of aryl methyl sites for hydroxylation is 1. The van der Waals surface area contributed by atoms with Crippen molar-refractivity contribution in [2.24, 2.45) is 4.99 Å². The molecule has 1 aliphatic heterocycles. The zero-order chi connectivity index (χ0) is 24.4. The molecule has 0 spiro atoms. The van der Waals surface area contributed by atoms with Crippen molar-refractivity contribution in [2.75, 3.05) is 26.2 Å². The topological polar surface area (TPSA) is 78.4 Å². The first-order chi connectivity index (χ1) is 15.7. The molecule has 8 heteroatoms. The van der Waals surface area contributed by atoms with Gasteiger partial charge in [-0.3, -0.25) is 9.79 Å². The van der Waals surface area contributed by atoms with E-state index in [9.17, 15) is 9.18 Å². The third kappa shape index (κ3) is 8.90. The van der Waals surface area contributed by atoms with Crippen LogP contribution >= 0.6 is 11.6 Å². The number of aliphatic imine (C=N–C) groups is 1. The number of rotatable bonds is 10. The minimum atomic E-state index is -0.598. The van der Waals surface area contributed by atoms with Gasteiger partial charge < -0.3 is 16.0 Å². The first kappa shape index (κ1) is 25.8. The molecule has 1 amide bonds. The molecule has 3 N–H and O–H groups in total. The highest BCUT2D eigenvalue weighted by molar-refractivity contribution is 6.31. The molecular formula is C25H29ClFN5O. The summed E-state index contributed by atoms with van der Waals surface area (Å²) < 4.78 is 14.2. The molecule has 0 bridgehead atoms. The van der Waals surface area contributed by atoms with Crippen LogP contribution in [0.25, 0.3) is 5.57 Å². The van der Waals surface area contributed by atoms with Crippen LogP contribution in [0.2, 0.25) is 0 Å². The average molecular weight is 470 g/mol. The number of amides is 1. The van der Waals surface area contributed by atoms with E-state index in [0.29, 0.717) is 46.4 Å². The maximum absolute atomic E-state index is 14.2. The molecule has 0 atom stereocenters. The van der Waals surface area contributed by atoms with E-state index in [0.717, 1.165) is 17.7 Å². The van der Waals surface area contributed by atoms with Crippen LogP contribution in [0.5, 0.6) is 0 Å². The maximum atomic E-state index is 14.2. The van der Waals surface area contributed by atoms with E-state index in [1.165, 1.54) is 12.3 Å². The molecule has 1 aliphatic rings. The van der Waals surface area contributed by atoms with Crippen LogP contribution < -0.4 is 16.0 Å². The zero-order valence-electron chi connectivity index (χ0n) is 19.0. The van der Waals surface area contributed by atoms with Gasteiger partial charge in [0.2, 0.25) is 11.9 Å². The number of aromatic nitrogens is 1. The number of guanidine groups is 1. The smallest absolute Gasteiger partial charge is 0.244 e. The van der Waals surface area contributed by atoms with E-state index in [-0.39, 0.29) is 12.5 Å². The molecule has 174 valence electrons. The molecule has 1 aromatic heterocycles. The van der Waals surface area contributed by atoms with E-state index in [4.69, 9.17) is 11.6 Å². The second-order valence-electron chi connectivity index (χ2n) is 7.55. The van der Waals surface area contributed by atoms with Gasteiger partial charge in [0.1, 0.15) is 0 Å². The number of hydrogen-bond donors (Lipinski definition) is 3. The van der Waals surface area contributed by atoms with Gasteiger partial charge in [0.25, 0.3) is 0 Å². The molecule has 0 aliphatic carbocycles. The summed E-state index contributed by atoms with van der Waals surface area (Å²) in [5.74, 6) is -0.227. The summed E-state index contributed by atoms with van der Waals surface area (Å²) in [6, 6.07) is 1.68. The predicted octanol–water partition coefficient (Wildman–Crippen LogP) is 3.94. The molecule has 0 radical (unpaired) electrons.